The number of aromatic nitrogens is 2. The van der Waals surface area contributed by atoms with Gasteiger partial charge in [-0.05, 0) is 18.2 Å². The third kappa shape index (κ3) is 3.09. The second-order valence-corrected chi connectivity index (χ2v) is 5.75. The molecule has 116 valence electrons. The molecule has 22 heavy (non-hydrogen) atoms. The van der Waals surface area contributed by atoms with Crippen molar-refractivity contribution in [1.82, 2.24) is 15.0 Å². The van der Waals surface area contributed by atoms with Crippen molar-refractivity contribution in [2.75, 3.05) is 19.7 Å². The van der Waals surface area contributed by atoms with Crippen molar-refractivity contribution in [3.63, 3.8) is 0 Å². The van der Waals surface area contributed by atoms with E-state index in [0.29, 0.717) is 47.0 Å². The summed E-state index contributed by atoms with van der Waals surface area (Å²) < 4.78 is 10.6. The molecule has 1 atom stereocenters. The summed E-state index contributed by atoms with van der Waals surface area (Å²) in [7, 11) is 0. The summed E-state index contributed by atoms with van der Waals surface area (Å²) in [4.78, 5) is 18.4. The van der Waals surface area contributed by atoms with E-state index in [4.69, 9.17) is 32.5 Å². The normalized spacial score (nSPS) is 18.5. The monoisotopic (exact) mass is 341 g/mol. The quantitative estimate of drug-likeness (QED) is 0.839. The number of amides is 1. The van der Waals surface area contributed by atoms with E-state index in [1.807, 2.05) is 0 Å². The number of carbonyl (C=O) groups excluding carboxylic acids is 1. The number of carbonyl (C=O) groups is 1. The number of benzene rings is 1. The van der Waals surface area contributed by atoms with Crippen molar-refractivity contribution in [2.45, 2.75) is 13.0 Å². The van der Waals surface area contributed by atoms with Gasteiger partial charge in [0.05, 0.1) is 23.7 Å². The lowest BCUT2D eigenvalue weighted by Crippen LogP contribution is -2.42. The van der Waals surface area contributed by atoms with E-state index in [9.17, 15) is 4.79 Å². The summed E-state index contributed by atoms with van der Waals surface area (Å²) >= 11 is 12.0. The van der Waals surface area contributed by atoms with E-state index in [1.165, 1.54) is 0 Å². The molecule has 1 aromatic carbocycles. The van der Waals surface area contributed by atoms with Crippen LogP contribution < -0.4 is 0 Å². The minimum atomic E-state index is -0.402. The molecule has 0 saturated carbocycles. The maximum Gasteiger partial charge on any atom is 0.255 e. The van der Waals surface area contributed by atoms with E-state index in [-0.39, 0.29) is 5.91 Å². The molecule has 1 aliphatic heterocycles. The van der Waals surface area contributed by atoms with Gasteiger partial charge in [-0.15, -0.1) is 0 Å². The van der Waals surface area contributed by atoms with E-state index >= 15 is 0 Å². The first-order valence-electron chi connectivity index (χ1n) is 6.71. The predicted molar refractivity (Wildman–Crippen MR) is 80.1 cm³/mol. The Balaban J connectivity index is 1.78. The number of aryl methyl sites for hydroxylation is 1. The molecule has 0 bridgehead atoms. The van der Waals surface area contributed by atoms with Crippen LogP contribution >= 0.6 is 23.2 Å². The zero-order valence-electron chi connectivity index (χ0n) is 11.8. The van der Waals surface area contributed by atoms with Gasteiger partial charge in [0.15, 0.2) is 0 Å². The van der Waals surface area contributed by atoms with Gasteiger partial charge in [-0.3, -0.25) is 4.79 Å². The van der Waals surface area contributed by atoms with Crippen molar-refractivity contribution < 1.29 is 14.1 Å². The molecule has 0 radical (unpaired) electrons. The van der Waals surface area contributed by atoms with Crippen LogP contribution in [0.1, 0.15) is 28.2 Å². The molecule has 1 amide bonds. The highest BCUT2D eigenvalue weighted by molar-refractivity contribution is 6.36. The van der Waals surface area contributed by atoms with Crippen molar-refractivity contribution in [3.8, 4) is 0 Å². The number of halogens is 2. The molecule has 2 heterocycles. The van der Waals surface area contributed by atoms with Crippen LogP contribution in [0.2, 0.25) is 10.0 Å². The summed E-state index contributed by atoms with van der Waals surface area (Å²) in [5.41, 5.74) is 0.413. The fourth-order valence-corrected chi connectivity index (χ4v) is 2.76. The largest absolute Gasteiger partial charge is 0.366 e. The molecular weight excluding hydrogens is 329 g/mol. The van der Waals surface area contributed by atoms with Gasteiger partial charge in [0.25, 0.3) is 5.91 Å². The second kappa shape index (κ2) is 6.24. The smallest absolute Gasteiger partial charge is 0.255 e. The van der Waals surface area contributed by atoms with E-state index in [0.717, 1.165) is 0 Å². The first kappa shape index (κ1) is 15.3. The minimum Gasteiger partial charge on any atom is -0.366 e. The average Bonchev–Trinajstić information content (AvgIpc) is 2.93. The van der Waals surface area contributed by atoms with E-state index in [1.54, 1.807) is 30.0 Å². The van der Waals surface area contributed by atoms with Crippen LogP contribution in [0.3, 0.4) is 0 Å². The minimum absolute atomic E-state index is 0.171. The van der Waals surface area contributed by atoms with E-state index < -0.39 is 6.10 Å². The summed E-state index contributed by atoms with van der Waals surface area (Å²) in [5.74, 6) is 0.732. The molecule has 6 nitrogen and oxygen atoms in total. The maximum absolute atomic E-state index is 12.6. The van der Waals surface area contributed by atoms with Gasteiger partial charge in [0.1, 0.15) is 6.10 Å². The van der Waals surface area contributed by atoms with Crippen molar-refractivity contribution in [3.05, 3.63) is 45.5 Å². The van der Waals surface area contributed by atoms with Crippen LogP contribution in [0.4, 0.5) is 0 Å². The predicted octanol–water partition coefficient (Wildman–Crippen LogP) is 2.90. The van der Waals surface area contributed by atoms with Crippen LogP contribution in [0.5, 0.6) is 0 Å². The molecule has 0 aliphatic carbocycles. The summed E-state index contributed by atoms with van der Waals surface area (Å²) in [6.07, 6.45) is -0.402. The number of hydrogen-bond acceptors (Lipinski definition) is 5. The van der Waals surface area contributed by atoms with Gasteiger partial charge in [-0.2, -0.15) is 4.98 Å². The van der Waals surface area contributed by atoms with Crippen molar-refractivity contribution in [2.24, 2.45) is 0 Å². The molecule has 0 N–H and O–H groups in total. The van der Waals surface area contributed by atoms with Crippen LogP contribution in [0.15, 0.2) is 22.7 Å². The van der Waals surface area contributed by atoms with Gasteiger partial charge < -0.3 is 14.2 Å². The summed E-state index contributed by atoms with van der Waals surface area (Å²) in [5, 5.41) is 4.66. The third-order valence-electron chi connectivity index (χ3n) is 3.35. The first-order valence-corrected chi connectivity index (χ1v) is 7.46. The molecular formula is C14H13Cl2N3O3. The molecule has 2 aromatic rings. The summed E-state index contributed by atoms with van der Waals surface area (Å²) in [6.45, 7) is 2.92. The molecule has 0 unspecified atom stereocenters. The van der Waals surface area contributed by atoms with Crippen molar-refractivity contribution >= 4 is 29.1 Å². The Morgan fingerprint density at radius 3 is 2.91 bits per heavy atom. The van der Waals surface area contributed by atoms with Crippen LogP contribution in [-0.4, -0.2) is 40.6 Å². The van der Waals surface area contributed by atoms with Crippen LogP contribution in [-0.2, 0) is 4.74 Å². The zero-order chi connectivity index (χ0) is 15.7. The molecule has 3 rings (SSSR count). The highest BCUT2D eigenvalue weighted by atomic mass is 35.5. The molecule has 1 aliphatic rings. The number of rotatable bonds is 2. The van der Waals surface area contributed by atoms with Gasteiger partial charge in [0, 0.05) is 18.5 Å². The highest BCUT2D eigenvalue weighted by Crippen LogP contribution is 2.25. The lowest BCUT2D eigenvalue weighted by molar-refractivity contribution is -0.0276. The SMILES string of the molecule is Cc1nc([C@H]2CN(C(=O)c3ccc(Cl)cc3Cl)CCO2)no1. The standard InChI is InChI=1S/C14H13Cl2N3O3/c1-8-17-13(18-22-8)12-7-19(4-5-21-12)14(20)10-3-2-9(15)6-11(10)16/h2-3,6,12H,4-5,7H2,1H3/t12-/m1/s1. The maximum atomic E-state index is 12.6. The average molecular weight is 342 g/mol. The van der Waals surface area contributed by atoms with Gasteiger partial charge in [-0.1, -0.05) is 28.4 Å². The fraction of sp³-hybridized carbons (Fsp3) is 0.357. The highest BCUT2D eigenvalue weighted by Gasteiger charge is 2.29. The number of nitrogens with zero attached hydrogens (tertiary/aromatic N) is 3. The Hall–Kier alpha value is -1.63. The van der Waals surface area contributed by atoms with Gasteiger partial charge in [0.2, 0.25) is 11.7 Å². The first-order chi connectivity index (χ1) is 10.5. The van der Waals surface area contributed by atoms with Gasteiger partial charge in [-0.25, -0.2) is 0 Å². The number of ether oxygens (including phenoxy) is 1. The number of morpholine rings is 1. The molecule has 1 saturated heterocycles. The molecule has 8 heteroatoms. The Bertz CT molecular complexity index is 704. The van der Waals surface area contributed by atoms with E-state index in [2.05, 4.69) is 10.1 Å². The number of hydrogen-bond donors (Lipinski definition) is 0. The van der Waals surface area contributed by atoms with Gasteiger partial charge >= 0.3 is 0 Å². The van der Waals surface area contributed by atoms with Crippen LogP contribution in [0, 0.1) is 6.92 Å². The topological polar surface area (TPSA) is 68.5 Å². The Morgan fingerprint density at radius 1 is 1.41 bits per heavy atom. The Labute approximate surface area is 136 Å². The Morgan fingerprint density at radius 2 is 2.23 bits per heavy atom. The molecule has 0 spiro atoms. The third-order valence-corrected chi connectivity index (χ3v) is 3.89. The lowest BCUT2D eigenvalue weighted by Gasteiger charge is -2.31. The second-order valence-electron chi connectivity index (χ2n) is 4.91. The summed E-state index contributed by atoms with van der Waals surface area (Å²) in [6, 6.07) is 4.81. The lowest BCUT2D eigenvalue weighted by atomic mass is 10.1. The Kier molecular flexibility index (Phi) is 4.33. The zero-order valence-corrected chi connectivity index (χ0v) is 13.3. The molecule has 1 aromatic heterocycles. The van der Waals surface area contributed by atoms with Crippen molar-refractivity contribution in [1.29, 1.82) is 0 Å². The van der Waals surface area contributed by atoms with Crippen LogP contribution in [0.25, 0.3) is 0 Å². The molecule has 1 fully saturated rings. The fourth-order valence-electron chi connectivity index (χ4n) is 2.27.